The van der Waals surface area contributed by atoms with Crippen molar-refractivity contribution in [2.24, 2.45) is 5.92 Å². The lowest BCUT2D eigenvalue weighted by molar-refractivity contribution is -0.121. The third-order valence-corrected chi connectivity index (χ3v) is 3.33. The lowest BCUT2D eigenvalue weighted by Crippen LogP contribution is -2.33. The average Bonchev–Trinajstić information content (AvgIpc) is 2.46. The van der Waals surface area contributed by atoms with Gasteiger partial charge in [-0.05, 0) is 38.7 Å². The maximum atomic E-state index is 11.9. The fourth-order valence-corrected chi connectivity index (χ4v) is 2.08. The first-order valence-electron chi connectivity index (χ1n) is 8.13. The van der Waals surface area contributed by atoms with Crippen molar-refractivity contribution in [3.63, 3.8) is 0 Å². The van der Waals surface area contributed by atoms with Gasteiger partial charge in [-0.3, -0.25) is 4.79 Å². The van der Waals surface area contributed by atoms with Crippen molar-refractivity contribution in [1.82, 2.24) is 10.6 Å². The Kier molecular flexibility index (Phi) is 8.16. The number of rotatable bonds is 8. The highest BCUT2D eigenvalue weighted by Gasteiger charge is 2.11. The highest BCUT2D eigenvalue weighted by atomic mass is 16.6. The van der Waals surface area contributed by atoms with Crippen molar-refractivity contribution in [3.05, 3.63) is 35.4 Å². The van der Waals surface area contributed by atoms with Crippen LogP contribution >= 0.6 is 0 Å². The van der Waals surface area contributed by atoms with Gasteiger partial charge in [0, 0.05) is 19.5 Å². The van der Waals surface area contributed by atoms with Crippen molar-refractivity contribution in [2.75, 3.05) is 13.1 Å². The molecule has 0 aromatic heterocycles. The van der Waals surface area contributed by atoms with E-state index in [0.717, 1.165) is 6.42 Å². The second kappa shape index (κ2) is 9.87. The molecule has 0 bridgehead atoms. The Hall–Kier alpha value is -2.04. The summed E-state index contributed by atoms with van der Waals surface area (Å²) in [5.41, 5.74) is 2.44. The number of alkyl carbamates (subject to hydrolysis) is 1. The van der Waals surface area contributed by atoms with Crippen molar-refractivity contribution in [1.29, 1.82) is 0 Å². The van der Waals surface area contributed by atoms with Gasteiger partial charge in [-0.1, -0.05) is 36.8 Å². The molecule has 0 saturated heterocycles. The first-order valence-corrected chi connectivity index (χ1v) is 8.13. The van der Waals surface area contributed by atoms with Crippen molar-refractivity contribution in [2.45, 2.75) is 46.6 Å². The molecule has 1 atom stereocenters. The van der Waals surface area contributed by atoms with Crippen LogP contribution in [0.15, 0.2) is 24.3 Å². The molecule has 1 unspecified atom stereocenters. The van der Waals surface area contributed by atoms with Crippen LogP contribution in [-0.4, -0.2) is 31.2 Å². The number of aryl methyl sites for hydroxylation is 1. The van der Waals surface area contributed by atoms with E-state index in [0.29, 0.717) is 19.5 Å². The number of carbonyl (C=O) groups excluding carboxylic acids is 2. The van der Waals surface area contributed by atoms with Crippen LogP contribution in [0.1, 0.15) is 38.3 Å². The summed E-state index contributed by atoms with van der Waals surface area (Å²) in [6.45, 7) is 8.62. The van der Waals surface area contributed by atoms with Crippen LogP contribution in [0.25, 0.3) is 0 Å². The summed E-state index contributed by atoms with van der Waals surface area (Å²) in [6.07, 6.45) is 0.622. The summed E-state index contributed by atoms with van der Waals surface area (Å²) in [7, 11) is 0. The summed E-state index contributed by atoms with van der Waals surface area (Å²) in [6, 6.07) is 8.30. The SMILES string of the molecule is Cc1ccc(CCNC(=O)CC(C)CNC(=O)OC(C)C)cc1. The van der Waals surface area contributed by atoms with Gasteiger partial charge in [0.1, 0.15) is 0 Å². The maximum Gasteiger partial charge on any atom is 0.407 e. The van der Waals surface area contributed by atoms with E-state index in [2.05, 4.69) is 41.8 Å². The predicted octanol–water partition coefficient (Wildman–Crippen LogP) is 2.81. The number of ether oxygens (including phenoxy) is 1. The van der Waals surface area contributed by atoms with Gasteiger partial charge in [0.05, 0.1) is 6.10 Å². The Bertz CT molecular complexity index is 497. The first kappa shape index (κ1) is 19.0. The summed E-state index contributed by atoms with van der Waals surface area (Å²) >= 11 is 0. The summed E-state index contributed by atoms with van der Waals surface area (Å²) in [5.74, 6) is 0.0673. The molecule has 0 aliphatic carbocycles. The topological polar surface area (TPSA) is 67.4 Å². The van der Waals surface area contributed by atoms with Crippen LogP contribution in [0.2, 0.25) is 0 Å². The second-order valence-electron chi connectivity index (χ2n) is 6.23. The normalized spacial score (nSPS) is 11.9. The zero-order valence-corrected chi connectivity index (χ0v) is 14.5. The van der Waals surface area contributed by atoms with Crippen LogP contribution in [0.5, 0.6) is 0 Å². The van der Waals surface area contributed by atoms with Gasteiger partial charge < -0.3 is 15.4 Å². The van der Waals surface area contributed by atoms with E-state index in [1.807, 2.05) is 6.92 Å². The molecular formula is C18H28N2O3. The van der Waals surface area contributed by atoms with Crippen LogP contribution in [0.4, 0.5) is 4.79 Å². The van der Waals surface area contributed by atoms with Crippen molar-refractivity contribution >= 4 is 12.0 Å². The van der Waals surface area contributed by atoms with Crippen LogP contribution in [-0.2, 0) is 16.0 Å². The molecular weight excluding hydrogens is 292 g/mol. The van der Waals surface area contributed by atoms with Crippen LogP contribution in [0, 0.1) is 12.8 Å². The molecule has 0 radical (unpaired) electrons. The highest BCUT2D eigenvalue weighted by Crippen LogP contribution is 2.04. The lowest BCUT2D eigenvalue weighted by atomic mass is 10.1. The smallest absolute Gasteiger partial charge is 0.407 e. The lowest BCUT2D eigenvalue weighted by Gasteiger charge is -2.14. The third-order valence-electron chi connectivity index (χ3n) is 3.33. The number of carbonyl (C=O) groups is 2. The molecule has 5 heteroatoms. The molecule has 1 rings (SSSR count). The van der Waals surface area contributed by atoms with E-state index in [4.69, 9.17) is 4.74 Å². The Morgan fingerprint density at radius 3 is 2.35 bits per heavy atom. The summed E-state index contributed by atoms with van der Waals surface area (Å²) in [5, 5.41) is 5.58. The predicted molar refractivity (Wildman–Crippen MR) is 91.3 cm³/mol. The van der Waals surface area contributed by atoms with Gasteiger partial charge in [0.25, 0.3) is 0 Å². The van der Waals surface area contributed by atoms with E-state index < -0.39 is 6.09 Å². The minimum Gasteiger partial charge on any atom is -0.447 e. The molecule has 0 fully saturated rings. The minimum absolute atomic E-state index is 0.00337. The minimum atomic E-state index is -0.438. The molecule has 0 saturated carbocycles. The first-order chi connectivity index (χ1) is 10.9. The summed E-state index contributed by atoms with van der Waals surface area (Å²) in [4.78, 5) is 23.2. The average molecular weight is 320 g/mol. The molecule has 0 aliphatic rings. The van der Waals surface area contributed by atoms with Crippen LogP contribution < -0.4 is 10.6 Å². The van der Waals surface area contributed by atoms with Gasteiger partial charge in [0.15, 0.2) is 0 Å². The molecule has 2 N–H and O–H groups in total. The van der Waals surface area contributed by atoms with E-state index in [1.165, 1.54) is 11.1 Å². The Morgan fingerprint density at radius 1 is 1.09 bits per heavy atom. The van der Waals surface area contributed by atoms with Gasteiger partial charge in [-0.15, -0.1) is 0 Å². The molecule has 5 nitrogen and oxygen atoms in total. The maximum absolute atomic E-state index is 11.9. The Balaban J connectivity index is 2.17. The molecule has 1 aromatic carbocycles. The summed E-state index contributed by atoms with van der Waals surface area (Å²) < 4.78 is 4.98. The standard InChI is InChI=1S/C18H28N2O3/c1-13(2)23-18(22)20-12-15(4)11-17(21)19-10-9-16-7-5-14(3)6-8-16/h5-8,13,15H,9-12H2,1-4H3,(H,19,21)(H,20,22). The molecule has 2 amide bonds. The Morgan fingerprint density at radius 2 is 1.74 bits per heavy atom. The molecule has 23 heavy (non-hydrogen) atoms. The highest BCUT2D eigenvalue weighted by molar-refractivity contribution is 5.76. The number of hydrogen-bond acceptors (Lipinski definition) is 3. The van der Waals surface area contributed by atoms with Crippen molar-refractivity contribution < 1.29 is 14.3 Å². The fraction of sp³-hybridized carbons (Fsp3) is 0.556. The van der Waals surface area contributed by atoms with Gasteiger partial charge >= 0.3 is 6.09 Å². The zero-order valence-electron chi connectivity index (χ0n) is 14.5. The van der Waals surface area contributed by atoms with E-state index >= 15 is 0 Å². The number of benzene rings is 1. The number of nitrogens with one attached hydrogen (secondary N) is 2. The van der Waals surface area contributed by atoms with E-state index in [-0.39, 0.29) is 17.9 Å². The van der Waals surface area contributed by atoms with Crippen LogP contribution in [0.3, 0.4) is 0 Å². The second-order valence-corrected chi connectivity index (χ2v) is 6.23. The van der Waals surface area contributed by atoms with Gasteiger partial charge in [-0.25, -0.2) is 4.79 Å². The fourth-order valence-electron chi connectivity index (χ4n) is 2.08. The monoisotopic (exact) mass is 320 g/mol. The molecule has 0 heterocycles. The number of hydrogen-bond donors (Lipinski definition) is 2. The molecule has 1 aromatic rings. The largest absolute Gasteiger partial charge is 0.447 e. The zero-order chi connectivity index (χ0) is 17.2. The quantitative estimate of drug-likeness (QED) is 0.774. The molecule has 0 aliphatic heterocycles. The van der Waals surface area contributed by atoms with Gasteiger partial charge in [-0.2, -0.15) is 0 Å². The van der Waals surface area contributed by atoms with Gasteiger partial charge in [0.2, 0.25) is 5.91 Å². The van der Waals surface area contributed by atoms with Crippen molar-refractivity contribution in [3.8, 4) is 0 Å². The van der Waals surface area contributed by atoms with E-state index in [1.54, 1.807) is 13.8 Å². The number of amides is 2. The molecule has 128 valence electrons. The van der Waals surface area contributed by atoms with E-state index in [9.17, 15) is 9.59 Å². The molecule has 0 spiro atoms. The third kappa shape index (κ3) is 8.86. The Labute approximate surface area is 138 Å².